The number of alkyl halides is 3. The number of nitrogens with one attached hydrogen (secondary N) is 1. The third kappa shape index (κ3) is 6.66. The lowest BCUT2D eigenvalue weighted by atomic mass is 10.1. The van der Waals surface area contributed by atoms with Crippen molar-refractivity contribution in [2.45, 2.75) is 46.3 Å². The largest absolute Gasteiger partial charge is 0.573 e. The predicted molar refractivity (Wildman–Crippen MR) is 155 cm³/mol. The minimum Gasteiger partial charge on any atom is -0.480 e. The molecule has 0 unspecified atom stereocenters. The van der Waals surface area contributed by atoms with Crippen molar-refractivity contribution in [3.63, 3.8) is 0 Å². The van der Waals surface area contributed by atoms with E-state index in [0.717, 1.165) is 26.5 Å². The molecule has 0 fully saturated rings. The van der Waals surface area contributed by atoms with Crippen LogP contribution in [0, 0.1) is 12.8 Å². The Labute approximate surface area is 255 Å². The number of carboxylic acid groups (broad SMARTS) is 1. The second kappa shape index (κ2) is 12.5. The topological polar surface area (TPSA) is 150 Å². The van der Waals surface area contributed by atoms with Crippen LogP contribution in [-0.4, -0.2) is 43.1 Å². The first-order chi connectivity index (χ1) is 20.5. The Kier molecular flexibility index (Phi) is 9.27. The van der Waals surface area contributed by atoms with Gasteiger partial charge in [0, 0.05) is 30.6 Å². The van der Waals surface area contributed by atoms with E-state index in [0.29, 0.717) is 11.3 Å². The highest BCUT2D eigenvalue weighted by Crippen LogP contribution is 2.34. The van der Waals surface area contributed by atoms with E-state index in [2.05, 4.69) is 15.0 Å². The monoisotopic (exact) mass is 657 g/mol. The summed E-state index contributed by atoms with van der Waals surface area (Å²) in [5.74, 6) is -2.47. The molecular formula is C27H27ClF3N5O7S. The molecule has 3 heterocycles. The van der Waals surface area contributed by atoms with Crippen LogP contribution in [0.15, 0.2) is 42.6 Å². The fourth-order valence-electron chi connectivity index (χ4n) is 4.56. The van der Waals surface area contributed by atoms with Crippen LogP contribution in [0.1, 0.15) is 25.2 Å². The molecular weight excluding hydrogens is 631 g/mol. The lowest BCUT2D eigenvalue weighted by Crippen LogP contribution is -2.43. The number of carbonyl (C=O) groups excluding carboxylic acids is 1. The number of carboxylic acids is 1. The van der Waals surface area contributed by atoms with Gasteiger partial charge in [0.15, 0.2) is 4.80 Å². The Morgan fingerprint density at radius 2 is 1.89 bits per heavy atom. The van der Waals surface area contributed by atoms with Crippen molar-refractivity contribution in [3.05, 3.63) is 65.6 Å². The van der Waals surface area contributed by atoms with E-state index in [1.54, 1.807) is 26.2 Å². The van der Waals surface area contributed by atoms with Crippen molar-refractivity contribution in [3.8, 4) is 17.0 Å². The van der Waals surface area contributed by atoms with E-state index in [1.807, 2.05) is 0 Å². The molecule has 0 aliphatic carbocycles. The van der Waals surface area contributed by atoms with Crippen molar-refractivity contribution >= 4 is 45.9 Å². The van der Waals surface area contributed by atoms with Crippen molar-refractivity contribution in [2.75, 3.05) is 0 Å². The van der Waals surface area contributed by atoms with E-state index in [1.165, 1.54) is 30.8 Å². The summed E-state index contributed by atoms with van der Waals surface area (Å²) in [6, 6.07) is 2.63. The Morgan fingerprint density at radius 3 is 2.48 bits per heavy atom. The zero-order chi connectivity index (χ0) is 32.7. The fourth-order valence-corrected chi connectivity index (χ4v) is 5.71. The number of amides is 1. The minimum atomic E-state index is -4.95. The van der Waals surface area contributed by atoms with Crippen LogP contribution in [0.2, 0.25) is 5.02 Å². The van der Waals surface area contributed by atoms with Crippen molar-refractivity contribution in [1.82, 2.24) is 19.0 Å². The van der Waals surface area contributed by atoms with Gasteiger partial charge in [-0.05, 0) is 31.0 Å². The smallest absolute Gasteiger partial charge is 0.480 e. The number of nitrogens with zero attached hydrogens (tertiary/aromatic N) is 4. The number of ether oxygens (including phenoxy) is 1. The van der Waals surface area contributed by atoms with Gasteiger partial charge in [-0.15, -0.1) is 24.5 Å². The summed E-state index contributed by atoms with van der Waals surface area (Å²) in [5, 5.41) is 13.9. The summed E-state index contributed by atoms with van der Waals surface area (Å²) in [5.41, 5.74) is -0.255. The zero-order valence-corrected chi connectivity index (χ0v) is 25.6. The lowest BCUT2D eigenvalue weighted by molar-refractivity contribution is -0.274. The number of halogens is 4. The summed E-state index contributed by atoms with van der Waals surface area (Å²) in [7, 11) is 2.74. The molecule has 1 aromatic carbocycles. The van der Waals surface area contributed by atoms with Crippen molar-refractivity contribution < 1.29 is 37.0 Å². The maximum Gasteiger partial charge on any atom is 0.573 e. The fraction of sp³-hybridized carbons (Fsp3) is 0.370. The molecule has 1 amide bonds. The van der Waals surface area contributed by atoms with Gasteiger partial charge in [0.05, 0.1) is 23.8 Å². The average molecular weight is 658 g/mol. The van der Waals surface area contributed by atoms with Crippen LogP contribution in [0.5, 0.6) is 5.75 Å². The Morgan fingerprint density at radius 1 is 1.20 bits per heavy atom. The van der Waals surface area contributed by atoms with Crippen LogP contribution in [0.3, 0.4) is 0 Å². The quantitative estimate of drug-likeness (QED) is 0.278. The number of benzene rings is 1. The van der Waals surface area contributed by atoms with Crippen LogP contribution in [0.4, 0.5) is 13.2 Å². The van der Waals surface area contributed by atoms with E-state index in [-0.39, 0.29) is 51.3 Å². The zero-order valence-electron chi connectivity index (χ0n) is 24.0. The molecule has 44 heavy (non-hydrogen) atoms. The highest BCUT2D eigenvalue weighted by Gasteiger charge is 2.32. The van der Waals surface area contributed by atoms with Crippen molar-refractivity contribution in [2.24, 2.45) is 25.0 Å². The van der Waals surface area contributed by atoms with Gasteiger partial charge >= 0.3 is 18.0 Å². The third-order valence-electron chi connectivity index (χ3n) is 6.79. The summed E-state index contributed by atoms with van der Waals surface area (Å²) in [6.07, 6.45) is -5.31. The number of hydrogen-bond acceptors (Lipinski definition) is 8. The van der Waals surface area contributed by atoms with Gasteiger partial charge in [0.1, 0.15) is 22.9 Å². The summed E-state index contributed by atoms with van der Waals surface area (Å²) in [6.45, 7) is 4.82. The van der Waals surface area contributed by atoms with Gasteiger partial charge in [-0.1, -0.05) is 25.4 Å². The molecule has 236 valence electrons. The molecule has 1 atom stereocenters. The predicted octanol–water partition coefficient (Wildman–Crippen LogP) is 3.55. The number of hydrogen-bond donors (Lipinski definition) is 2. The van der Waals surface area contributed by atoms with Gasteiger partial charge in [0.25, 0.3) is 11.5 Å². The molecule has 17 heteroatoms. The maximum absolute atomic E-state index is 13.3. The standard InChI is InChI=1S/C27H27ClF3N5O7S/c1-12(2)21(24(39)40)32-11-36-17(14-6-7-18(16(28)8-14)43-27(29,30)31)10-44-25(36)33-19(37)9-15-13(3)42-23-20(15)22(38)34(4)26(41)35(23)5/h6-8,10,12,21,32H,9,11H2,1-5H3,(H,39,40)/b33-25-/t21-/m0/s1. The number of furan rings is 1. The molecule has 4 aromatic rings. The molecule has 0 aliphatic heterocycles. The van der Waals surface area contributed by atoms with Gasteiger partial charge in [0.2, 0.25) is 5.71 Å². The summed E-state index contributed by atoms with van der Waals surface area (Å²) in [4.78, 5) is 54.6. The first-order valence-corrected chi connectivity index (χ1v) is 14.2. The van der Waals surface area contributed by atoms with E-state index in [4.69, 9.17) is 16.0 Å². The second-order valence-electron chi connectivity index (χ2n) is 10.2. The Hall–Kier alpha value is -4.15. The molecule has 0 bridgehead atoms. The normalized spacial score (nSPS) is 13.2. The number of aliphatic carboxylic acids is 1. The highest BCUT2D eigenvalue weighted by atomic mass is 35.5. The minimum absolute atomic E-state index is 0.0132. The summed E-state index contributed by atoms with van der Waals surface area (Å²) >= 11 is 7.08. The number of carbonyl (C=O) groups is 2. The molecule has 4 rings (SSSR count). The second-order valence-corrected chi connectivity index (χ2v) is 11.4. The van der Waals surface area contributed by atoms with Gasteiger partial charge in [-0.2, -0.15) is 4.99 Å². The first kappa shape index (κ1) is 32.8. The number of aromatic nitrogens is 3. The average Bonchev–Trinajstić information content (AvgIpc) is 3.46. The molecule has 0 saturated carbocycles. The Balaban J connectivity index is 1.78. The highest BCUT2D eigenvalue weighted by molar-refractivity contribution is 7.07. The molecule has 0 spiro atoms. The van der Waals surface area contributed by atoms with Crippen LogP contribution >= 0.6 is 22.9 Å². The summed E-state index contributed by atoms with van der Waals surface area (Å²) < 4.78 is 51.3. The van der Waals surface area contributed by atoms with Crippen LogP contribution < -0.4 is 26.1 Å². The van der Waals surface area contributed by atoms with E-state index in [9.17, 15) is 37.5 Å². The number of rotatable bonds is 9. The molecule has 2 N–H and O–H groups in total. The number of aryl methyl sites for hydroxylation is 2. The lowest BCUT2D eigenvalue weighted by Gasteiger charge is -2.19. The van der Waals surface area contributed by atoms with E-state index < -0.39 is 41.3 Å². The van der Waals surface area contributed by atoms with Gasteiger partial charge in [-0.25, -0.2) is 4.79 Å². The Bertz CT molecular complexity index is 1950. The first-order valence-electron chi connectivity index (χ1n) is 13.0. The van der Waals surface area contributed by atoms with E-state index >= 15 is 0 Å². The molecule has 0 radical (unpaired) electrons. The molecule has 0 saturated heterocycles. The van der Waals surface area contributed by atoms with Gasteiger partial charge < -0.3 is 18.8 Å². The molecule has 0 aliphatic rings. The molecule has 12 nitrogen and oxygen atoms in total. The van der Waals surface area contributed by atoms with Crippen molar-refractivity contribution in [1.29, 1.82) is 0 Å². The maximum atomic E-state index is 13.3. The SMILES string of the molecule is Cc1oc2c(c1CC(=O)/N=c1\scc(-c3ccc(OC(F)(F)F)c(Cl)c3)n1CN[C@H](C(=O)O)C(C)C)c(=O)n(C)c(=O)n2C. The van der Waals surface area contributed by atoms with Crippen LogP contribution in [0.25, 0.3) is 22.4 Å². The van der Waals surface area contributed by atoms with Crippen LogP contribution in [-0.2, 0) is 36.8 Å². The van der Waals surface area contributed by atoms with Gasteiger partial charge in [-0.3, -0.25) is 28.8 Å². The number of thiazole rings is 1. The molecule has 3 aromatic heterocycles. The third-order valence-corrected chi connectivity index (χ3v) is 7.95. The number of fused-ring (bicyclic) bond motifs is 1.